The highest BCUT2D eigenvalue weighted by atomic mass is 32.2. The lowest BCUT2D eigenvalue weighted by Gasteiger charge is -2.24. The Morgan fingerprint density at radius 1 is 1.12 bits per heavy atom. The molecule has 2 N–H and O–H groups in total. The van der Waals surface area contributed by atoms with Crippen molar-refractivity contribution in [3.8, 4) is 5.75 Å². The van der Waals surface area contributed by atoms with E-state index in [0.717, 1.165) is 25.7 Å². The molecule has 1 aromatic rings. The second-order valence-electron chi connectivity index (χ2n) is 7.93. The van der Waals surface area contributed by atoms with E-state index in [4.69, 9.17) is 4.74 Å². The molecule has 1 saturated carbocycles. The Labute approximate surface area is 156 Å². The van der Waals surface area contributed by atoms with Crippen LogP contribution in [0.5, 0.6) is 5.75 Å². The van der Waals surface area contributed by atoms with Gasteiger partial charge in [0.1, 0.15) is 5.75 Å². The van der Waals surface area contributed by atoms with E-state index in [2.05, 4.69) is 10.0 Å². The molecule has 1 amide bonds. The number of rotatable bonds is 6. The summed E-state index contributed by atoms with van der Waals surface area (Å²) in [7, 11) is -3.58. The Morgan fingerprint density at radius 3 is 2.23 bits per heavy atom. The monoisotopic (exact) mass is 382 g/mol. The number of hydrogen-bond donors (Lipinski definition) is 2. The maximum atomic E-state index is 12.3. The number of carbonyl (C=O) groups is 1. The molecule has 7 heteroatoms. The first-order chi connectivity index (χ1) is 12.1. The number of sulfonamides is 1. The highest BCUT2D eigenvalue weighted by Crippen LogP contribution is 2.20. The van der Waals surface area contributed by atoms with Crippen LogP contribution in [-0.4, -0.2) is 32.0 Å². The van der Waals surface area contributed by atoms with Crippen molar-refractivity contribution < 1.29 is 17.9 Å². The fourth-order valence-electron chi connectivity index (χ4n) is 2.98. The number of amides is 1. The van der Waals surface area contributed by atoms with Crippen LogP contribution in [0, 0.1) is 0 Å². The van der Waals surface area contributed by atoms with Gasteiger partial charge in [-0.25, -0.2) is 13.1 Å². The summed E-state index contributed by atoms with van der Waals surface area (Å²) in [5, 5.41) is 3.03. The molecule has 2 rings (SSSR count). The number of ether oxygens (including phenoxy) is 1. The summed E-state index contributed by atoms with van der Waals surface area (Å²) in [6.45, 7) is 7.06. The number of nitrogens with one attached hydrogen (secondary N) is 2. The fraction of sp³-hybridized carbons (Fsp3) is 0.632. The molecule has 0 bridgehead atoms. The van der Waals surface area contributed by atoms with Crippen LogP contribution in [0.15, 0.2) is 29.2 Å². The first-order valence-electron chi connectivity index (χ1n) is 9.18. The molecule has 6 nitrogen and oxygen atoms in total. The third-order valence-electron chi connectivity index (χ3n) is 4.21. The molecule has 1 aromatic carbocycles. The average Bonchev–Trinajstić information content (AvgIpc) is 2.54. The van der Waals surface area contributed by atoms with E-state index in [9.17, 15) is 13.2 Å². The summed E-state index contributed by atoms with van der Waals surface area (Å²) >= 11 is 0. The quantitative estimate of drug-likeness (QED) is 0.792. The predicted molar refractivity (Wildman–Crippen MR) is 102 cm³/mol. The van der Waals surface area contributed by atoms with Crippen LogP contribution in [0.25, 0.3) is 0 Å². The number of carbonyl (C=O) groups excluding carboxylic acids is 1. The minimum atomic E-state index is -3.58. The average molecular weight is 383 g/mol. The molecule has 1 atom stereocenters. The van der Waals surface area contributed by atoms with E-state index in [1.54, 1.807) is 39.8 Å². The van der Waals surface area contributed by atoms with Gasteiger partial charge in [-0.15, -0.1) is 0 Å². The first kappa shape index (κ1) is 20.7. The van der Waals surface area contributed by atoms with E-state index in [1.165, 1.54) is 18.6 Å². The molecule has 26 heavy (non-hydrogen) atoms. The van der Waals surface area contributed by atoms with Crippen LogP contribution in [-0.2, 0) is 14.8 Å². The Kier molecular flexibility index (Phi) is 6.69. The normalized spacial score (nSPS) is 17.5. The highest BCUT2D eigenvalue weighted by Gasteiger charge is 2.23. The largest absolute Gasteiger partial charge is 0.481 e. The third-order valence-corrected chi connectivity index (χ3v) is 5.98. The van der Waals surface area contributed by atoms with Crippen LogP contribution in [0.4, 0.5) is 0 Å². The molecule has 0 spiro atoms. The van der Waals surface area contributed by atoms with Crippen molar-refractivity contribution >= 4 is 15.9 Å². The molecule has 0 heterocycles. The minimum absolute atomic E-state index is 0.136. The molecule has 0 aliphatic heterocycles. The first-order valence-corrected chi connectivity index (χ1v) is 10.7. The molecule has 0 radical (unpaired) electrons. The number of benzene rings is 1. The second kappa shape index (κ2) is 8.39. The maximum absolute atomic E-state index is 12.3. The van der Waals surface area contributed by atoms with Crippen molar-refractivity contribution in [3.05, 3.63) is 24.3 Å². The lowest BCUT2D eigenvalue weighted by atomic mass is 9.95. The predicted octanol–water partition coefficient (Wildman–Crippen LogP) is 2.98. The van der Waals surface area contributed by atoms with Crippen LogP contribution in [0.2, 0.25) is 0 Å². The van der Waals surface area contributed by atoms with Gasteiger partial charge in [-0.1, -0.05) is 19.3 Å². The van der Waals surface area contributed by atoms with E-state index in [1.807, 2.05) is 0 Å². The molecule has 0 saturated heterocycles. The second-order valence-corrected chi connectivity index (χ2v) is 9.61. The van der Waals surface area contributed by atoms with Crippen LogP contribution < -0.4 is 14.8 Å². The van der Waals surface area contributed by atoms with Crippen molar-refractivity contribution in [1.82, 2.24) is 10.0 Å². The van der Waals surface area contributed by atoms with Gasteiger partial charge in [-0.3, -0.25) is 4.79 Å². The van der Waals surface area contributed by atoms with Gasteiger partial charge in [0.25, 0.3) is 5.91 Å². The molecule has 1 fully saturated rings. The smallest absolute Gasteiger partial charge is 0.260 e. The van der Waals surface area contributed by atoms with Crippen molar-refractivity contribution in [3.63, 3.8) is 0 Å². The van der Waals surface area contributed by atoms with Gasteiger partial charge in [0.05, 0.1) is 4.90 Å². The van der Waals surface area contributed by atoms with E-state index in [0.29, 0.717) is 5.75 Å². The number of hydrogen-bond acceptors (Lipinski definition) is 4. The molecule has 146 valence electrons. The molecule has 0 unspecified atom stereocenters. The van der Waals surface area contributed by atoms with Crippen molar-refractivity contribution in [2.24, 2.45) is 0 Å². The van der Waals surface area contributed by atoms with Crippen LogP contribution in [0.3, 0.4) is 0 Å². The van der Waals surface area contributed by atoms with Crippen LogP contribution >= 0.6 is 0 Å². The lowest BCUT2D eigenvalue weighted by Crippen LogP contribution is -2.43. The van der Waals surface area contributed by atoms with Crippen molar-refractivity contribution in [2.45, 2.75) is 82.4 Å². The summed E-state index contributed by atoms with van der Waals surface area (Å²) in [4.78, 5) is 12.4. The third kappa shape index (κ3) is 6.29. The van der Waals surface area contributed by atoms with Gasteiger partial charge in [0.2, 0.25) is 10.0 Å². The van der Waals surface area contributed by atoms with E-state index < -0.39 is 21.7 Å². The molecule has 1 aliphatic rings. The minimum Gasteiger partial charge on any atom is -0.481 e. The summed E-state index contributed by atoms with van der Waals surface area (Å²) < 4.78 is 32.9. The topological polar surface area (TPSA) is 84.5 Å². The van der Waals surface area contributed by atoms with E-state index >= 15 is 0 Å². The SMILES string of the molecule is C[C@H](Oc1ccc(S(=O)(=O)NC(C)(C)C)cc1)C(=O)NC1CCCCC1. The van der Waals surface area contributed by atoms with Gasteiger partial charge in [0.15, 0.2) is 6.10 Å². The summed E-state index contributed by atoms with van der Waals surface area (Å²) in [5.41, 5.74) is -0.556. The molecule has 0 aromatic heterocycles. The van der Waals surface area contributed by atoms with Gasteiger partial charge in [0, 0.05) is 11.6 Å². The zero-order valence-corrected chi connectivity index (χ0v) is 16.9. The van der Waals surface area contributed by atoms with Crippen molar-refractivity contribution in [1.29, 1.82) is 0 Å². The summed E-state index contributed by atoms with van der Waals surface area (Å²) in [5.74, 6) is 0.328. The lowest BCUT2D eigenvalue weighted by molar-refractivity contribution is -0.128. The summed E-state index contributed by atoms with van der Waals surface area (Å²) in [6.07, 6.45) is 4.94. The fourth-order valence-corrected chi connectivity index (χ4v) is 4.40. The Morgan fingerprint density at radius 2 is 1.69 bits per heavy atom. The zero-order valence-electron chi connectivity index (χ0n) is 16.0. The molecular weight excluding hydrogens is 352 g/mol. The standard InChI is InChI=1S/C19H30N2O4S/c1-14(18(22)20-15-8-6-5-7-9-15)25-16-10-12-17(13-11-16)26(23,24)21-19(2,3)4/h10-15,21H,5-9H2,1-4H3,(H,20,22)/t14-/m0/s1. The van der Waals surface area contributed by atoms with Crippen molar-refractivity contribution in [2.75, 3.05) is 0 Å². The highest BCUT2D eigenvalue weighted by molar-refractivity contribution is 7.89. The Bertz CT molecular complexity index is 702. The molecule has 1 aliphatic carbocycles. The molecular formula is C19H30N2O4S. The van der Waals surface area contributed by atoms with Crippen LogP contribution in [0.1, 0.15) is 59.8 Å². The van der Waals surface area contributed by atoms with Gasteiger partial charge in [-0.05, 0) is 64.8 Å². The summed E-state index contributed by atoms with van der Waals surface area (Å²) in [6, 6.07) is 6.34. The van der Waals surface area contributed by atoms with E-state index in [-0.39, 0.29) is 16.8 Å². The zero-order chi connectivity index (χ0) is 19.4. The Hall–Kier alpha value is -1.60. The Balaban J connectivity index is 1.94. The van der Waals surface area contributed by atoms with Gasteiger partial charge in [-0.2, -0.15) is 0 Å². The van der Waals surface area contributed by atoms with Gasteiger partial charge < -0.3 is 10.1 Å². The maximum Gasteiger partial charge on any atom is 0.260 e. The van der Waals surface area contributed by atoms with Gasteiger partial charge >= 0.3 is 0 Å².